The fraction of sp³-hybridized carbons (Fsp3) is 0.300. The fourth-order valence-corrected chi connectivity index (χ4v) is 7.03. The molecular formula is C30H31N3O4S. The molecule has 1 aliphatic carbocycles. The standard InChI is InChI=1S/C30H31N3O4S/c1-35-20-12-10-19(11-13-20)28-25-8-6-16-32(25)29-23(22-7-4-5-9-27(22)38-29)18-33(28)30(34)31-24-17-21(36-2)14-15-26(24)37-3/h6,8,10-17,28H,4-5,7,9,18H2,1-3H3,(H,31,34)/t28-/m1/s1. The normalized spacial score (nSPS) is 16.1. The predicted molar refractivity (Wildman–Crippen MR) is 149 cm³/mol. The van der Waals surface area contributed by atoms with Crippen LogP contribution in [0.5, 0.6) is 17.2 Å². The van der Waals surface area contributed by atoms with Crippen LogP contribution in [-0.4, -0.2) is 36.8 Å². The summed E-state index contributed by atoms with van der Waals surface area (Å²) in [5.74, 6) is 2.00. The van der Waals surface area contributed by atoms with Crippen LogP contribution in [0.3, 0.4) is 0 Å². The third-order valence-corrected chi connectivity index (χ3v) is 8.85. The topological polar surface area (TPSA) is 65.0 Å². The van der Waals surface area contributed by atoms with Crippen molar-refractivity contribution in [3.05, 3.63) is 88.1 Å². The number of fused-ring (bicyclic) bond motifs is 5. The Kier molecular flexibility index (Phi) is 6.49. The van der Waals surface area contributed by atoms with Crippen molar-refractivity contribution in [3.63, 3.8) is 0 Å². The molecule has 0 unspecified atom stereocenters. The summed E-state index contributed by atoms with van der Waals surface area (Å²) in [6.45, 7) is 0.512. The summed E-state index contributed by atoms with van der Waals surface area (Å²) in [7, 11) is 4.87. The van der Waals surface area contributed by atoms with Crippen molar-refractivity contribution >= 4 is 23.1 Å². The van der Waals surface area contributed by atoms with Crippen LogP contribution in [0.1, 0.15) is 46.1 Å². The summed E-state index contributed by atoms with van der Waals surface area (Å²) in [4.78, 5) is 17.6. The van der Waals surface area contributed by atoms with E-state index < -0.39 is 0 Å². The van der Waals surface area contributed by atoms with Crippen molar-refractivity contribution in [2.45, 2.75) is 38.3 Å². The lowest BCUT2D eigenvalue weighted by Crippen LogP contribution is -2.38. The number of nitrogens with zero attached hydrogens (tertiary/aromatic N) is 2. The van der Waals surface area contributed by atoms with Gasteiger partial charge in [0.25, 0.3) is 0 Å². The van der Waals surface area contributed by atoms with E-state index in [4.69, 9.17) is 14.2 Å². The molecule has 0 bridgehead atoms. The molecule has 0 saturated heterocycles. The summed E-state index contributed by atoms with van der Waals surface area (Å²) in [6.07, 6.45) is 6.70. The number of anilines is 1. The van der Waals surface area contributed by atoms with Crippen molar-refractivity contribution in [1.82, 2.24) is 9.47 Å². The Morgan fingerprint density at radius 2 is 1.68 bits per heavy atom. The van der Waals surface area contributed by atoms with Crippen LogP contribution < -0.4 is 19.5 Å². The summed E-state index contributed by atoms with van der Waals surface area (Å²) >= 11 is 1.88. The molecule has 2 amide bonds. The SMILES string of the molecule is COc1ccc([C@@H]2c3cccn3-c3sc4c(c3CN2C(=O)Nc2cc(OC)ccc2OC)CCCC4)cc1. The number of nitrogens with one attached hydrogen (secondary N) is 1. The Bertz CT molecular complexity index is 1470. The lowest BCUT2D eigenvalue weighted by molar-refractivity contribution is 0.194. The van der Waals surface area contributed by atoms with E-state index >= 15 is 0 Å². The van der Waals surface area contributed by atoms with E-state index in [2.05, 4.69) is 28.2 Å². The molecule has 1 N–H and O–H groups in total. The van der Waals surface area contributed by atoms with E-state index in [0.717, 1.165) is 29.8 Å². The number of amides is 2. The molecule has 2 aromatic heterocycles. The van der Waals surface area contributed by atoms with Gasteiger partial charge in [0.15, 0.2) is 0 Å². The van der Waals surface area contributed by atoms with Gasteiger partial charge < -0.3 is 29.0 Å². The Morgan fingerprint density at radius 3 is 2.45 bits per heavy atom. The average Bonchev–Trinajstić information content (AvgIpc) is 3.55. The summed E-state index contributed by atoms with van der Waals surface area (Å²) in [6, 6.07) is 17.1. The molecule has 196 valence electrons. The van der Waals surface area contributed by atoms with Crippen molar-refractivity contribution in [2.75, 3.05) is 26.6 Å². The number of urea groups is 1. The second kappa shape index (κ2) is 10.1. The highest BCUT2D eigenvalue weighted by Gasteiger charge is 2.36. The van der Waals surface area contributed by atoms with E-state index in [9.17, 15) is 4.79 Å². The molecule has 6 rings (SSSR count). The third kappa shape index (κ3) is 4.19. The van der Waals surface area contributed by atoms with E-state index in [0.29, 0.717) is 23.7 Å². The minimum absolute atomic E-state index is 0.200. The highest BCUT2D eigenvalue weighted by Crippen LogP contribution is 2.44. The number of ether oxygens (including phenoxy) is 3. The number of thiophene rings is 1. The number of carbonyl (C=O) groups excluding carboxylic acids is 1. The van der Waals surface area contributed by atoms with Gasteiger partial charge in [-0.15, -0.1) is 11.3 Å². The minimum Gasteiger partial charge on any atom is -0.497 e. The second-order valence-corrected chi connectivity index (χ2v) is 10.7. The molecule has 4 aromatic rings. The first-order valence-corrected chi connectivity index (χ1v) is 13.7. The maximum absolute atomic E-state index is 14.2. The molecule has 3 heterocycles. The van der Waals surface area contributed by atoms with Gasteiger partial charge in [-0.05, 0) is 73.2 Å². The Morgan fingerprint density at radius 1 is 0.921 bits per heavy atom. The molecule has 0 fully saturated rings. The smallest absolute Gasteiger partial charge is 0.323 e. The number of aryl methyl sites for hydroxylation is 1. The van der Waals surface area contributed by atoms with Gasteiger partial charge in [-0.3, -0.25) is 0 Å². The first kappa shape index (κ1) is 24.4. The van der Waals surface area contributed by atoms with Crippen LogP contribution in [0.25, 0.3) is 5.00 Å². The molecule has 1 atom stereocenters. The molecule has 0 saturated carbocycles. The molecule has 2 aromatic carbocycles. The molecule has 1 aliphatic heterocycles. The summed E-state index contributed by atoms with van der Waals surface area (Å²) < 4.78 is 18.7. The number of hydrogen-bond donors (Lipinski definition) is 1. The van der Waals surface area contributed by atoms with Gasteiger partial charge in [-0.2, -0.15) is 0 Å². The number of aromatic nitrogens is 1. The quantitative estimate of drug-likeness (QED) is 0.317. The van der Waals surface area contributed by atoms with Crippen LogP contribution in [0.4, 0.5) is 10.5 Å². The van der Waals surface area contributed by atoms with Crippen LogP contribution in [0.2, 0.25) is 0 Å². The van der Waals surface area contributed by atoms with Crippen LogP contribution in [0, 0.1) is 0 Å². The number of benzene rings is 2. The van der Waals surface area contributed by atoms with Gasteiger partial charge in [0, 0.05) is 22.7 Å². The number of methoxy groups -OCH3 is 3. The molecule has 8 heteroatoms. The van der Waals surface area contributed by atoms with E-state index in [1.165, 1.54) is 33.8 Å². The Labute approximate surface area is 226 Å². The van der Waals surface area contributed by atoms with Crippen LogP contribution >= 0.6 is 11.3 Å². The van der Waals surface area contributed by atoms with Gasteiger partial charge in [0.1, 0.15) is 22.2 Å². The molecule has 38 heavy (non-hydrogen) atoms. The molecule has 0 radical (unpaired) electrons. The van der Waals surface area contributed by atoms with Crippen LogP contribution in [0.15, 0.2) is 60.8 Å². The molecular weight excluding hydrogens is 498 g/mol. The zero-order valence-electron chi connectivity index (χ0n) is 21.8. The zero-order chi connectivity index (χ0) is 26.2. The Balaban J connectivity index is 1.48. The first-order valence-electron chi connectivity index (χ1n) is 12.9. The maximum Gasteiger partial charge on any atom is 0.323 e. The number of carbonyl (C=O) groups is 1. The third-order valence-electron chi connectivity index (χ3n) is 7.52. The van der Waals surface area contributed by atoms with Crippen molar-refractivity contribution in [1.29, 1.82) is 0 Å². The van der Waals surface area contributed by atoms with Crippen LogP contribution in [-0.2, 0) is 19.4 Å². The summed E-state index contributed by atoms with van der Waals surface area (Å²) in [5, 5.41) is 4.36. The highest BCUT2D eigenvalue weighted by atomic mass is 32.1. The second-order valence-electron chi connectivity index (χ2n) is 9.60. The van der Waals surface area contributed by atoms with E-state index in [-0.39, 0.29) is 12.1 Å². The monoisotopic (exact) mass is 529 g/mol. The maximum atomic E-state index is 14.2. The van der Waals surface area contributed by atoms with Gasteiger partial charge in [0.05, 0.1) is 45.3 Å². The van der Waals surface area contributed by atoms with Crippen molar-refractivity contribution in [3.8, 4) is 22.2 Å². The lowest BCUT2D eigenvalue weighted by atomic mass is 9.95. The van der Waals surface area contributed by atoms with E-state index in [1.807, 2.05) is 46.6 Å². The van der Waals surface area contributed by atoms with E-state index in [1.54, 1.807) is 33.5 Å². The first-order chi connectivity index (χ1) is 18.6. The van der Waals surface area contributed by atoms with Crippen molar-refractivity contribution in [2.24, 2.45) is 0 Å². The summed E-state index contributed by atoms with van der Waals surface area (Å²) in [5.41, 5.74) is 5.31. The highest BCUT2D eigenvalue weighted by molar-refractivity contribution is 7.15. The average molecular weight is 530 g/mol. The van der Waals surface area contributed by atoms with Gasteiger partial charge in [-0.1, -0.05) is 12.1 Å². The molecule has 0 spiro atoms. The Hall–Kier alpha value is -3.91. The number of hydrogen-bond acceptors (Lipinski definition) is 5. The largest absolute Gasteiger partial charge is 0.497 e. The zero-order valence-corrected chi connectivity index (χ0v) is 22.6. The van der Waals surface area contributed by atoms with Crippen molar-refractivity contribution < 1.29 is 19.0 Å². The number of rotatable bonds is 5. The predicted octanol–water partition coefficient (Wildman–Crippen LogP) is 6.58. The van der Waals surface area contributed by atoms with Gasteiger partial charge >= 0.3 is 6.03 Å². The molecule has 7 nitrogen and oxygen atoms in total. The lowest BCUT2D eigenvalue weighted by Gasteiger charge is -2.31. The fourth-order valence-electron chi connectivity index (χ4n) is 5.62. The molecule has 2 aliphatic rings. The van der Waals surface area contributed by atoms with Gasteiger partial charge in [0.2, 0.25) is 0 Å². The van der Waals surface area contributed by atoms with Gasteiger partial charge in [-0.25, -0.2) is 4.79 Å². The minimum atomic E-state index is -0.300.